The van der Waals surface area contributed by atoms with Gasteiger partial charge in [0, 0.05) is 6.54 Å². The second kappa shape index (κ2) is 7.14. The lowest BCUT2D eigenvalue weighted by atomic mass is 9.92. The summed E-state index contributed by atoms with van der Waals surface area (Å²) in [7, 11) is 0. The Hall–Kier alpha value is -1.55. The normalized spacial score (nSPS) is 11.3. The molecule has 0 fully saturated rings. The number of rotatable bonds is 7. The number of carboxylic acids is 1. The Morgan fingerprint density at radius 3 is 2.68 bits per heavy atom. The van der Waals surface area contributed by atoms with E-state index in [9.17, 15) is 4.79 Å². The van der Waals surface area contributed by atoms with Crippen molar-refractivity contribution < 1.29 is 14.6 Å². The summed E-state index contributed by atoms with van der Waals surface area (Å²) in [5.41, 5.74) is 0.585. The quantitative estimate of drug-likeness (QED) is 0.744. The topological polar surface area (TPSA) is 58.6 Å². The van der Waals surface area contributed by atoms with E-state index in [4.69, 9.17) is 9.84 Å². The van der Waals surface area contributed by atoms with Gasteiger partial charge in [0.15, 0.2) is 0 Å². The molecule has 0 saturated carbocycles. The molecule has 4 heteroatoms. The maximum absolute atomic E-state index is 10.8. The van der Waals surface area contributed by atoms with Crippen molar-refractivity contribution in [1.82, 2.24) is 5.32 Å². The highest BCUT2D eigenvalue weighted by atomic mass is 16.5. The van der Waals surface area contributed by atoms with E-state index in [1.807, 2.05) is 0 Å². The van der Waals surface area contributed by atoms with Crippen LogP contribution < -0.4 is 10.1 Å². The molecule has 19 heavy (non-hydrogen) atoms. The summed E-state index contributed by atoms with van der Waals surface area (Å²) in [5.74, 6) is -0.341. The smallest absolute Gasteiger partial charge is 0.335 e. The van der Waals surface area contributed by atoms with Crippen LogP contribution in [-0.2, 0) is 0 Å². The summed E-state index contributed by atoms with van der Waals surface area (Å²) in [6, 6.07) is 6.54. The summed E-state index contributed by atoms with van der Waals surface area (Å²) < 4.78 is 5.50. The van der Waals surface area contributed by atoms with Crippen molar-refractivity contribution in [3.05, 3.63) is 29.8 Å². The van der Waals surface area contributed by atoms with Crippen LogP contribution in [0.25, 0.3) is 0 Å². The van der Waals surface area contributed by atoms with Crippen molar-refractivity contribution in [2.45, 2.75) is 27.2 Å². The number of nitrogens with one attached hydrogen (secondary N) is 1. The molecule has 106 valence electrons. The van der Waals surface area contributed by atoms with Crippen molar-refractivity contribution in [1.29, 1.82) is 0 Å². The predicted octanol–water partition coefficient (Wildman–Crippen LogP) is 2.79. The maximum atomic E-state index is 10.8. The Bertz CT molecular complexity index is 410. The molecule has 0 bridgehead atoms. The number of aromatic carboxylic acids is 1. The van der Waals surface area contributed by atoms with Gasteiger partial charge in [-0.15, -0.1) is 0 Å². The van der Waals surface area contributed by atoms with Gasteiger partial charge in [0.1, 0.15) is 12.4 Å². The van der Waals surface area contributed by atoms with Crippen LogP contribution in [-0.4, -0.2) is 30.8 Å². The average molecular weight is 265 g/mol. The zero-order valence-corrected chi connectivity index (χ0v) is 11.9. The van der Waals surface area contributed by atoms with Crippen LogP contribution in [0.4, 0.5) is 0 Å². The van der Waals surface area contributed by atoms with Crippen LogP contribution in [0.1, 0.15) is 37.6 Å². The number of benzene rings is 1. The number of hydrogen-bond acceptors (Lipinski definition) is 3. The molecule has 1 rings (SSSR count). The van der Waals surface area contributed by atoms with Crippen LogP contribution >= 0.6 is 0 Å². The SMILES string of the molecule is CC(C)(C)CCNCCOc1cccc(C(=O)O)c1. The minimum absolute atomic E-state index is 0.248. The molecule has 0 spiro atoms. The van der Waals surface area contributed by atoms with Gasteiger partial charge in [0.25, 0.3) is 0 Å². The fraction of sp³-hybridized carbons (Fsp3) is 0.533. The summed E-state index contributed by atoms with van der Waals surface area (Å²) in [6.45, 7) is 8.89. The lowest BCUT2D eigenvalue weighted by Gasteiger charge is -2.18. The minimum atomic E-state index is -0.936. The summed E-state index contributed by atoms with van der Waals surface area (Å²) >= 11 is 0. The lowest BCUT2D eigenvalue weighted by molar-refractivity contribution is 0.0696. The Kier molecular flexibility index (Phi) is 5.83. The predicted molar refractivity (Wildman–Crippen MR) is 75.8 cm³/mol. The van der Waals surface area contributed by atoms with Gasteiger partial charge in [-0.2, -0.15) is 0 Å². The molecule has 0 aliphatic carbocycles. The van der Waals surface area contributed by atoms with E-state index < -0.39 is 5.97 Å². The van der Waals surface area contributed by atoms with E-state index in [2.05, 4.69) is 26.1 Å². The van der Waals surface area contributed by atoms with Crippen molar-refractivity contribution in [2.24, 2.45) is 5.41 Å². The standard InChI is InChI=1S/C15H23NO3/c1-15(2,3)7-8-16-9-10-19-13-6-4-5-12(11-13)14(17)18/h4-6,11,16H,7-10H2,1-3H3,(H,17,18). The Morgan fingerprint density at radius 2 is 2.05 bits per heavy atom. The van der Waals surface area contributed by atoms with Gasteiger partial charge in [-0.05, 0) is 36.6 Å². The molecule has 0 unspecified atom stereocenters. The number of carbonyl (C=O) groups is 1. The van der Waals surface area contributed by atoms with E-state index in [1.165, 1.54) is 6.07 Å². The second-order valence-electron chi connectivity index (χ2n) is 5.74. The Labute approximate surface area is 114 Å². The molecule has 0 atom stereocenters. The fourth-order valence-electron chi connectivity index (χ4n) is 1.55. The molecule has 0 heterocycles. The summed E-state index contributed by atoms with van der Waals surface area (Å²) in [6.07, 6.45) is 1.11. The van der Waals surface area contributed by atoms with E-state index in [0.29, 0.717) is 17.8 Å². The fourth-order valence-corrected chi connectivity index (χ4v) is 1.55. The highest BCUT2D eigenvalue weighted by Crippen LogP contribution is 2.17. The first kappa shape index (κ1) is 15.5. The third-order valence-electron chi connectivity index (χ3n) is 2.68. The first-order valence-electron chi connectivity index (χ1n) is 6.55. The van der Waals surface area contributed by atoms with Gasteiger partial charge in [-0.3, -0.25) is 0 Å². The Morgan fingerprint density at radius 1 is 1.32 bits per heavy atom. The van der Waals surface area contributed by atoms with Gasteiger partial charge in [0.05, 0.1) is 5.56 Å². The largest absolute Gasteiger partial charge is 0.492 e. The van der Waals surface area contributed by atoms with Crippen LogP contribution in [0.15, 0.2) is 24.3 Å². The second-order valence-corrected chi connectivity index (χ2v) is 5.74. The van der Waals surface area contributed by atoms with Crippen molar-refractivity contribution >= 4 is 5.97 Å². The average Bonchev–Trinajstić information content (AvgIpc) is 2.32. The van der Waals surface area contributed by atoms with Crippen molar-refractivity contribution in [3.8, 4) is 5.75 Å². The highest BCUT2D eigenvalue weighted by molar-refractivity contribution is 5.87. The van der Waals surface area contributed by atoms with Crippen molar-refractivity contribution in [3.63, 3.8) is 0 Å². The first-order valence-corrected chi connectivity index (χ1v) is 6.55. The number of carboxylic acid groups (broad SMARTS) is 1. The molecule has 2 N–H and O–H groups in total. The zero-order valence-electron chi connectivity index (χ0n) is 11.9. The van der Waals surface area contributed by atoms with Gasteiger partial charge in [0.2, 0.25) is 0 Å². The molecule has 0 radical (unpaired) electrons. The monoisotopic (exact) mass is 265 g/mol. The summed E-state index contributed by atoms with van der Waals surface area (Å²) in [4.78, 5) is 10.8. The van der Waals surface area contributed by atoms with Crippen molar-refractivity contribution in [2.75, 3.05) is 19.7 Å². The third-order valence-corrected chi connectivity index (χ3v) is 2.68. The maximum Gasteiger partial charge on any atom is 0.335 e. The molecule has 0 aromatic heterocycles. The van der Waals surface area contributed by atoms with Crippen LogP contribution in [0.5, 0.6) is 5.75 Å². The zero-order chi connectivity index (χ0) is 14.3. The number of hydrogen-bond donors (Lipinski definition) is 2. The first-order chi connectivity index (χ1) is 8.88. The van der Waals surface area contributed by atoms with Crippen LogP contribution in [0.3, 0.4) is 0 Å². The van der Waals surface area contributed by atoms with Gasteiger partial charge in [-0.25, -0.2) is 4.79 Å². The molecular weight excluding hydrogens is 242 g/mol. The minimum Gasteiger partial charge on any atom is -0.492 e. The van der Waals surface area contributed by atoms with Gasteiger partial charge >= 0.3 is 5.97 Å². The molecule has 0 aliphatic heterocycles. The molecule has 1 aromatic rings. The molecule has 0 amide bonds. The van der Waals surface area contributed by atoms with Crippen LogP contribution in [0.2, 0.25) is 0 Å². The molecule has 1 aromatic carbocycles. The van der Waals surface area contributed by atoms with E-state index in [1.54, 1.807) is 18.2 Å². The molecule has 0 aliphatic rings. The summed E-state index contributed by atoms with van der Waals surface area (Å²) in [5, 5.41) is 12.2. The lowest BCUT2D eigenvalue weighted by Crippen LogP contribution is -2.25. The molecule has 4 nitrogen and oxygen atoms in total. The third kappa shape index (κ3) is 6.82. The highest BCUT2D eigenvalue weighted by Gasteiger charge is 2.08. The molecule has 0 saturated heterocycles. The van der Waals surface area contributed by atoms with Gasteiger partial charge < -0.3 is 15.2 Å². The van der Waals surface area contributed by atoms with E-state index in [0.717, 1.165) is 19.5 Å². The van der Waals surface area contributed by atoms with E-state index in [-0.39, 0.29) is 5.56 Å². The number of ether oxygens (including phenoxy) is 1. The van der Waals surface area contributed by atoms with E-state index >= 15 is 0 Å². The molecular formula is C15H23NO3. The Balaban J connectivity index is 2.23. The van der Waals surface area contributed by atoms with Crippen LogP contribution in [0, 0.1) is 5.41 Å². The van der Waals surface area contributed by atoms with Gasteiger partial charge in [-0.1, -0.05) is 26.8 Å².